The third-order valence-electron chi connectivity index (χ3n) is 3.25. The summed E-state index contributed by atoms with van der Waals surface area (Å²) in [5.41, 5.74) is 2.74. The first-order chi connectivity index (χ1) is 10.3. The van der Waals surface area contributed by atoms with Crippen LogP contribution < -0.4 is 5.32 Å². The second-order valence-corrected chi connectivity index (χ2v) is 4.78. The highest BCUT2D eigenvalue weighted by molar-refractivity contribution is 5.77. The number of amides is 1. The average Bonchev–Trinajstić information content (AvgIpc) is 2.87. The molecule has 1 aromatic carbocycles. The van der Waals surface area contributed by atoms with Gasteiger partial charge >= 0.3 is 0 Å². The minimum atomic E-state index is -0.0337. The van der Waals surface area contributed by atoms with Crippen LogP contribution in [0.1, 0.15) is 6.92 Å². The Morgan fingerprint density at radius 1 is 1.19 bits per heavy atom. The number of aromatic nitrogens is 3. The maximum Gasteiger partial charge on any atom is 0.216 e. The standard InChI is InChI=1S/C16H16N4O/c1-12(21)17-10-11-20-15(13-6-3-2-4-7-13)19-14-8-5-9-18-16(14)20/h2-9H,10-11H2,1H3,(H,17,21). The van der Waals surface area contributed by atoms with E-state index in [1.165, 1.54) is 6.92 Å². The van der Waals surface area contributed by atoms with Crippen LogP contribution in [0.25, 0.3) is 22.6 Å². The quantitative estimate of drug-likeness (QED) is 0.797. The molecule has 0 fully saturated rings. The van der Waals surface area contributed by atoms with Crippen LogP contribution in [0.5, 0.6) is 0 Å². The molecule has 2 aromatic heterocycles. The minimum Gasteiger partial charge on any atom is -0.355 e. The second kappa shape index (κ2) is 5.75. The number of hydrogen-bond donors (Lipinski definition) is 1. The SMILES string of the molecule is CC(=O)NCCn1c(-c2ccccc2)nc2cccnc21. The van der Waals surface area contributed by atoms with Crippen molar-refractivity contribution >= 4 is 17.1 Å². The molecule has 0 bridgehead atoms. The summed E-state index contributed by atoms with van der Waals surface area (Å²) in [6.07, 6.45) is 1.76. The van der Waals surface area contributed by atoms with Gasteiger partial charge in [-0.15, -0.1) is 0 Å². The van der Waals surface area contributed by atoms with E-state index in [1.807, 2.05) is 47.0 Å². The van der Waals surface area contributed by atoms with Gasteiger partial charge in [0, 0.05) is 31.8 Å². The predicted molar refractivity (Wildman–Crippen MR) is 81.6 cm³/mol. The molecule has 2 heterocycles. The fourth-order valence-corrected chi connectivity index (χ4v) is 2.32. The highest BCUT2D eigenvalue weighted by Crippen LogP contribution is 2.22. The third-order valence-corrected chi connectivity index (χ3v) is 3.25. The molecule has 0 saturated heterocycles. The predicted octanol–water partition coefficient (Wildman–Crippen LogP) is 2.23. The van der Waals surface area contributed by atoms with Gasteiger partial charge in [0.1, 0.15) is 11.3 Å². The maximum absolute atomic E-state index is 11.0. The van der Waals surface area contributed by atoms with Crippen LogP contribution in [0, 0.1) is 0 Å². The first-order valence-electron chi connectivity index (χ1n) is 6.87. The average molecular weight is 280 g/mol. The van der Waals surface area contributed by atoms with E-state index in [0.29, 0.717) is 13.1 Å². The van der Waals surface area contributed by atoms with Gasteiger partial charge in [-0.05, 0) is 12.1 Å². The van der Waals surface area contributed by atoms with Gasteiger partial charge in [-0.25, -0.2) is 9.97 Å². The molecule has 21 heavy (non-hydrogen) atoms. The van der Waals surface area contributed by atoms with Crippen LogP contribution in [0.3, 0.4) is 0 Å². The minimum absolute atomic E-state index is 0.0337. The smallest absolute Gasteiger partial charge is 0.216 e. The van der Waals surface area contributed by atoms with Gasteiger partial charge in [-0.2, -0.15) is 0 Å². The van der Waals surface area contributed by atoms with E-state index in [0.717, 1.165) is 22.6 Å². The molecule has 0 saturated carbocycles. The summed E-state index contributed by atoms with van der Waals surface area (Å²) in [5, 5.41) is 2.81. The Morgan fingerprint density at radius 3 is 2.76 bits per heavy atom. The number of pyridine rings is 1. The van der Waals surface area contributed by atoms with Crippen LogP contribution in [-0.2, 0) is 11.3 Å². The zero-order valence-electron chi connectivity index (χ0n) is 11.8. The molecule has 0 atom stereocenters. The van der Waals surface area contributed by atoms with Crippen molar-refractivity contribution in [3.05, 3.63) is 48.7 Å². The van der Waals surface area contributed by atoms with E-state index >= 15 is 0 Å². The molecule has 5 nitrogen and oxygen atoms in total. The molecule has 0 aliphatic carbocycles. The van der Waals surface area contributed by atoms with E-state index in [1.54, 1.807) is 6.20 Å². The van der Waals surface area contributed by atoms with Crippen molar-refractivity contribution in [1.29, 1.82) is 0 Å². The van der Waals surface area contributed by atoms with Gasteiger partial charge in [0.2, 0.25) is 5.91 Å². The zero-order valence-corrected chi connectivity index (χ0v) is 11.8. The molecule has 5 heteroatoms. The Kier molecular flexibility index (Phi) is 3.64. The fraction of sp³-hybridized carbons (Fsp3) is 0.188. The van der Waals surface area contributed by atoms with Crippen LogP contribution in [-0.4, -0.2) is 27.0 Å². The van der Waals surface area contributed by atoms with Gasteiger partial charge in [-0.1, -0.05) is 30.3 Å². The summed E-state index contributed by atoms with van der Waals surface area (Å²) in [5.74, 6) is 0.836. The van der Waals surface area contributed by atoms with E-state index in [4.69, 9.17) is 0 Å². The number of rotatable bonds is 4. The molecule has 0 radical (unpaired) electrons. The first-order valence-corrected chi connectivity index (χ1v) is 6.87. The van der Waals surface area contributed by atoms with Gasteiger partial charge < -0.3 is 9.88 Å². The largest absolute Gasteiger partial charge is 0.355 e. The summed E-state index contributed by atoms with van der Waals surface area (Å²) in [6.45, 7) is 2.71. The van der Waals surface area contributed by atoms with Gasteiger partial charge in [-0.3, -0.25) is 4.79 Å². The van der Waals surface area contributed by atoms with Crippen LogP contribution >= 0.6 is 0 Å². The van der Waals surface area contributed by atoms with Crippen LogP contribution in [0.15, 0.2) is 48.7 Å². The topological polar surface area (TPSA) is 59.8 Å². The molecule has 0 aliphatic heterocycles. The van der Waals surface area contributed by atoms with Crippen molar-refractivity contribution in [2.45, 2.75) is 13.5 Å². The molecule has 1 N–H and O–H groups in total. The second-order valence-electron chi connectivity index (χ2n) is 4.78. The van der Waals surface area contributed by atoms with Crippen LogP contribution in [0.4, 0.5) is 0 Å². The Morgan fingerprint density at radius 2 is 2.00 bits per heavy atom. The number of fused-ring (bicyclic) bond motifs is 1. The monoisotopic (exact) mass is 280 g/mol. The van der Waals surface area contributed by atoms with Crippen molar-refractivity contribution in [3.63, 3.8) is 0 Å². The molecule has 0 unspecified atom stereocenters. The number of benzene rings is 1. The number of carbonyl (C=O) groups excluding carboxylic acids is 1. The molecule has 0 aliphatic rings. The van der Waals surface area contributed by atoms with E-state index in [-0.39, 0.29) is 5.91 Å². The van der Waals surface area contributed by atoms with E-state index in [2.05, 4.69) is 15.3 Å². The van der Waals surface area contributed by atoms with Crippen molar-refractivity contribution in [1.82, 2.24) is 19.9 Å². The Hall–Kier alpha value is -2.69. The molecule has 106 valence electrons. The Balaban J connectivity index is 2.04. The number of nitrogens with zero attached hydrogens (tertiary/aromatic N) is 3. The summed E-state index contributed by atoms with van der Waals surface area (Å²) in [7, 11) is 0. The molecule has 0 spiro atoms. The molecular formula is C16H16N4O. The number of nitrogens with one attached hydrogen (secondary N) is 1. The molecule has 3 rings (SSSR count). The number of hydrogen-bond acceptors (Lipinski definition) is 3. The lowest BCUT2D eigenvalue weighted by atomic mass is 10.2. The van der Waals surface area contributed by atoms with E-state index in [9.17, 15) is 4.79 Å². The Bertz CT molecular complexity index is 764. The van der Waals surface area contributed by atoms with Crippen molar-refractivity contribution in [2.75, 3.05) is 6.54 Å². The van der Waals surface area contributed by atoms with Crippen molar-refractivity contribution < 1.29 is 4.79 Å². The molecule has 1 amide bonds. The highest BCUT2D eigenvalue weighted by atomic mass is 16.1. The maximum atomic E-state index is 11.0. The number of carbonyl (C=O) groups is 1. The van der Waals surface area contributed by atoms with Crippen molar-refractivity contribution in [2.24, 2.45) is 0 Å². The molecule has 3 aromatic rings. The van der Waals surface area contributed by atoms with Gasteiger partial charge in [0.25, 0.3) is 0 Å². The number of imidazole rings is 1. The van der Waals surface area contributed by atoms with Crippen molar-refractivity contribution in [3.8, 4) is 11.4 Å². The Labute approximate surface area is 122 Å². The van der Waals surface area contributed by atoms with Gasteiger partial charge in [0.15, 0.2) is 5.65 Å². The zero-order chi connectivity index (χ0) is 14.7. The van der Waals surface area contributed by atoms with E-state index < -0.39 is 0 Å². The third kappa shape index (κ3) is 2.76. The lowest BCUT2D eigenvalue weighted by Crippen LogP contribution is -2.24. The first kappa shape index (κ1) is 13.3. The lowest BCUT2D eigenvalue weighted by molar-refractivity contribution is -0.118. The summed E-state index contributed by atoms with van der Waals surface area (Å²) in [6, 6.07) is 13.8. The summed E-state index contributed by atoms with van der Waals surface area (Å²) >= 11 is 0. The normalized spacial score (nSPS) is 10.7. The summed E-state index contributed by atoms with van der Waals surface area (Å²) in [4.78, 5) is 20.1. The molecular weight excluding hydrogens is 264 g/mol. The van der Waals surface area contributed by atoms with Gasteiger partial charge in [0.05, 0.1) is 0 Å². The summed E-state index contributed by atoms with van der Waals surface area (Å²) < 4.78 is 2.04. The van der Waals surface area contributed by atoms with Crippen LogP contribution in [0.2, 0.25) is 0 Å². The fourth-order valence-electron chi connectivity index (χ4n) is 2.32. The highest BCUT2D eigenvalue weighted by Gasteiger charge is 2.12. The lowest BCUT2D eigenvalue weighted by Gasteiger charge is -2.09.